The Balaban J connectivity index is 1.17. The Labute approximate surface area is 201 Å². The van der Waals surface area contributed by atoms with Crippen molar-refractivity contribution in [1.82, 2.24) is 9.62 Å². The Bertz CT molecular complexity index is 1010. The zero-order valence-electron chi connectivity index (χ0n) is 19.7. The van der Waals surface area contributed by atoms with Crippen molar-refractivity contribution in [2.45, 2.75) is 56.4 Å². The third-order valence-corrected chi connectivity index (χ3v) is 10.3. The van der Waals surface area contributed by atoms with Crippen LogP contribution in [-0.2, 0) is 24.3 Å². The number of rotatable bonds is 7. The lowest BCUT2D eigenvalue weighted by Gasteiger charge is -2.59. The molecule has 1 aliphatic heterocycles. The average Bonchev–Trinajstić information content (AvgIpc) is 2.82. The maximum absolute atomic E-state index is 12.9. The Kier molecular flexibility index (Phi) is 6.46. The monoisotopic (exact) mass is 490 g/mol. The number of nitrogens with one attached hydrogen (secondary N) is 1. The van der Waals surface area contributed by atoms with Crippen LogP contribution < -0.4 is 5.32 Å². The van der Waals surface area contributed by atoms with Gasteiger partial charge in [-0.25, -0.2) is 13.2 Å². The van der Waals surface area contributed by atoms with Crippen LogP contribution in [0.4, 0.5) is 0 Å². The number of sulfonamides is 1. The van der Waals surface area contributed by atoms with Crippen LogP contribution in [0.3, 0.4) is 0 Å². The molecule has 0 spiro atoms. The highest BCUT2D eigenvalue weighted by molar-refractivity contribution is 7.89. The van der Waals surface area contributed by atoms with Gasteiger partial charge in [-0.1, -0.05) is 6.07 Å². The molecule has 1 aromatic rings. The second kappa shape index (κ2) is 9.24. The summed E-state index contributed by atoms with van der Waals surface area (Å²) in [5, 5.41) is 3.09. The van der Waals surface area contributed by atoms with Crippen LogP contribution in [0.5, 0.6) is 0 Å². The van der Waals surface area contributed by atoms with E-state index in [2.05, 4.69) is 12.2 Å². The van der Waals surface area contributed by atoms with Crippen molar-refractivity contribution in [2.75, 3.05) is 32.9 Å². The van der Waals surface area contributed by atoms with E-state index >= 15 is 0 Å². The van der Waals surface area contributed by atoms with Crippen LogP contribution in [0.1, 0.15) is 55.8 Å². The minimum absolute atomic E-state index is 0.0312. The number of morpholine rings is 1. The predicted octanol–water partition coefficient (Wildman–Crippen LogP) is 2.59. The molecule has 5 fully saturated rings. The van der Waals surface area contributed by atoms with Crippen LogP contribution >= 0.6 is 0 Å². The third kappa shape index (κ3) is 4.62. The summed E-state index contributed by atoms with van der Waals surface area (Å²) >= 11 is 0. The fourth-order valence-electron chi connectivity index (χ4n) is 7.08. The van der Waals surface area contributed by atoms with Crippen molar-refractivity contribution in [3.8, 4) is 0 Å². The van der Waals surface area contributed by atoms with E-state index in [1.165, 1.54) is 67.1 Å². The normalized spacial score (nSPS) is 31.7. The maximum atomic E-state index is 12.9. The van der Waals surface area contributed by atoms with Gasteiger partial charge < -0.3 is 14.8 Å². The topological polar surface area (TPSA) is 102 Å². The number of ether oxygens (including phenoxy) is 2. The summed E-state index contributed by atoms with van der Waals surface area (Å²) in [6.07, 6.45) is 7.59. The van der Waals surface area contributed by atoms with Gasteiger partial charge in [0.25, 0.3) is 5.91 Å². The quantitative estimate of drug-likeness (QED) is 0.590. The van der Waals surface area contributed by atoms with Gasteiger partial charge in [-0.05, 0) is 86.8 Å². The number of carbonyl (C=O) groups is 2. The molecule has 34 heavy (non-hydrogen) atoms. The first kappa shape index (κ1) is 23.8. The standard InChI is InChI=1S/C25H34N2O6S/c1-17(25-13-18-9-19(14-25)11-20(10-18)15-25)26-23(28)16-33-24(29)21-3-2-4-22(12-21)34(30,31)27-5-7-32-8-6-27/h2-4,12,17-20H,5-11,13-16H2,1H3,(H,26,28). The molecular formula is C25H34N2O6S. The summed E-state index contributed by atoms with van der Waals surface area (Å²) in [4.78, 5) is 25.2. The summed E-state index contributed by atoms with van der Waals surface area (Å²) < 4.78 is 37.5. The molecule has 4 aliphatic carbocycles. The predicted molar refractivity (Wildman–Crippen MR) is 125 cm³/mol. The molecule has 1 atom stereocenters. The summed E-state index contributed by atoms with van der Waals surface area (Å²) in [5.41, 5.74) is 0.285. The molecule has 4 bridgehead atoms. The van der Waals surface area contributed by atoms with Gasteiger partial charge in [0.15, 0.2) is 6.61 Å². The number of benzene rings is 1. The first-order valence-corrected chi connectivity index (χ1v) is 13.8. The van der Waals surface area contributed by atoms with Gasteiger partial charge >= 0.3 is 5.97 Å². The molecule has 5 aliphatic rings. The molecule has 186 valence electrons. The molecule has 1 amide bonds. The molecule has 8 nitrogen and oxygen atoms in total. The van der Waals surface area contributed by atoms with Gasteiger partial charge in [-0.2, -0.15) is 4.31 Å². The van der Waals surface area contributed by atoms with Crippen LogP contribution in [-0.4, -0.2) is 63.6 Å². The Morgan fingerprint density at radius 1 is 1.12 bits per heavy atom. The fourth-order valence-corrected chi connectivity index (χ4v) is 8.53. The van der Waals surface area contributed by atoms with Gasteiger partial charge in [-0.3, -0.25) is 4.79 Å². The highest BCUT2D eigenvalue weighted by Crippen LogP contribution is 2.61. The van der Waals surface area contributed by atoms with Crippen LogP contribution in [0.15, 0.2) is 29.2 Å². The van der Waals surface area contributed by atoms with Crippen molar-refractivity contribution < 1.29 is 27.5 Å². The maximum Gasteiger partial charge on any atom is 0.338 e. The Morgan fingerprint density at radius 3 is 2.35 bits per heavy atom. The number of nitrogens with zero attached hydrogens (tertiary/aromatic N) is 1. The van der Waals surface area contributed by atoms with E-state index in [0.717, 1.165) is 17.8 Å². The summed E-state index contributed by atoms with van der Waals surface area (Å²) in [7, 11) is -3.72. The van der Waals surface area contributed by atoms with E-state index in [4.69, 9.17) is 9.47 Å². The average molecular weight is 491 g/mol. The van der Waals surface area contributed by atoms with Crippen molar-refractivity contribution in [1.29, 1.82) is 0 Å². The van der Waals surface area contributed by atoms with Crippen LogP contribution in [0, 0.1) is 23.2 Å². The van der Waals surface area contributed by atoms with Crippen molar-refractivity contribution >= 4 is 21.9 Å². The summed E-state index contributed by atoms with van der Waals surface area (Å²) in [6, 6.07) is 5.83. The van der Waals surface area contributed by atoms with E-state index in [1.807, 2.05) is 0 Å². The highest BCUT2D eigenvalue weighted by atomic mass is 32.2. The minimum Gasteiger partial charge on any atom is -0.452 e. The highest BCUT2D eigenvalue weighted by Gasteiger charge is 2.53. The molecule has 1 saturated heterocycles. The number of hydrogen-bond acceptors (Lipinski definition) is 6. The third-order valence-electron chi connectivity index (χ3n) is 8.39. The first-order chi connectivity index (χ1) is 16.2. The summed E-state index contributed by atoms with van der Waals surface area (Å²) in [5.74, 6) is 1.36. The molecule has 1 N–H and O–H groups in total. The SMILES string of the molecule is CC(NC(=O)COC(=O)c1cccc(S(=O)(=O)N2CCOCC2)c1)C12CC3CC(CC(C3)C1)C2. The molecule has 4 saturated carbocycles. The van der Waals surface area contributed by atoms with E-state index in [1.54, 1.807) is 0 Å². The van der Waals surface area contributed by atoms with E-state index in [0.29, 0.717) is 13.2 Å². The van der Waals surface area contributed by atoms with Gasteiger partial charge in [-0.15, -0.1) is 0 Å². The van der Waals surface area contributed by atoms with Crippen molar-refractivity contribution in [2.24, 2.45) is 23.2 Å². The van der Waals surface area contributed by atoms with Crippen molar-refractivity contribution in [3.05, 3.63) is 29.8 Å². The molecule has 6 rings (SSSR count). The lowest BCUT2D eigenvalue weighted by Crippen LogP contribution is -2.56. The largest absolute Gasteiger partial charge is 0.452 e. The molecule has 1 heterocycles. The summed E-state index contributed by atoms with van der Waals surface area (Å²) in [6.45, 7) is 2.95. The molecular weight excluding hydrogens is 456 g/mol. The van der Waals surface area contributed by atoms with E-state index in [-0.39, 0.29) is 47.5 Å². The Hall–Kier alpha value is -1.97. The number of amides is 1. The number of hydrogen-bond donors (Lipinski definition) is 1. The second-order valence-corrected chi connectivity index (χ2v) is 12.6. The molecule has 1 unspecified atom stereocenters. The van der Waals surface area contributed by atoms with E-state index in [9.17, 15) is 18.0 Å². The van der Waals surface area contributed by atoms with Gasteiger partial charge in [0.2, 0.25) is 10.0 Å². The van der Waals surface area contributed by atoms with Crippen molar-refractivity contribution in [3.63, 3.8) is 0 Å². The zero-order chi connectivity index (χ0) is 23.9. The lowest BCUT2D eigenvalue weighted by atomic mass is 9.48. The molecule has 9 heteroatoms. The van der Waals surface area contributed by atoms with Gasteiger partial charge in [0.05, 0.1) is 23.7 Å². The van der Waals surface area contributed by atoms with Crippen LogP contribution in [0.2, 0.25) is 0 Å². The lowest BCUT2D eigenvalue weighted by molar-refractivity contribution is -0.128. The molecule has 0 radical (unpaired) electrons. The molecule has 0 aromatic heterocycles. The minimum atomic E-state index is -3.72. The number of esters is 1. The number of carbonyl (C=O) groups excluding carboxylic acids is 2. The van der Waals surface area contributed by atoms with E-state index < -0.39 is 16.0 Å². The molecule has 1 aromatic carbocycles. The van der Waals surface area contributed by atoms with Gasteiger partial charge in [0.1, 0.15) is 0 Å². The van der Waals surface area contributed by atoms with Gasteiger partial charge in [0, 0.05) is 19.1 Å². The first-order valence-electron chi connectivity index (χ1n) is 12.4. The van der Waals surface area contributed by atoms with Crippen LogP contribution in [0.25, 0.3) is 0 Å². The zero-order valence-corrected chi connectivity index (χ0v) is 20.5. The smallest absolute Gasteiger partial charge is 0.338 e. The Morgan fingerprint density at radius 2 is 1.74 bits per heavy atom. The second-order valence-electron chi connectivity index (χ2n) is 10.7. The fraction of sp³-hybridized carbons (Fsp3) is 0.680.